The summed E-state index contributed by atoms with van der Waals surface area (Å²) in [6.45, 7) is 1.94. The minimum absolute atomic E-state index is 0.288. The molecule has 0 amide bonds. The van der Waals surface area contributed by atoms with Crippen LogP contribution in [0.5, 0.6) is 0 Å². The van der Waals surface area contributed by atoms with E-state index in [0.29, 0.717) is 21.9 Å². The van der Waals surface area contributed by atoms with Crippen LogP contribution in [0.2, 0.25) is 0 Å². The van der Waals surface area contributed by atoms with Gasteiger partial charge in [-0.15, -0.1) is 0 Å². The van der Waals surface area contributed by atoms with Gasteiger partial charge in [0.05, 0.1) is 15.8 Å². The number of nitrogen functional groups attached to an aromatic ring is 1. The summed E-state index contributed by atoms with van der Waals surface area (Å²) < 4.78 is 13.9. The molecule has 0 aromatic heterocycles. The number of benzene rings is 1. The average molecular weight is 316 g/mol. The first-order valence-electron chi connectivity index (χ1n) is 6.26. The standard InChI is InChI=1S/C13H19BrFN3/c1-18-5-3-2-4-9(18)8-17-13-7-11(15)10(14)6-12(13)16/h6-7,9,17H,2-5,8,16H2,1H3. The maximum atomic E-state index is 13.4. The Hall–Kier alpha value is -0.810. The molecule has 1 heterocycles. The molecule has 1 atom stereocenters. The highest BCUT2D eigenvalue weighted by atomic mass is 79.9. The second kappa shape index (κ2) is 5.89. The number of hydrogen-bond acceptors (Lipinski definition) is 3. The van der Waals surface area contributed by atoms with E-state index in [1.54, 1.807) is 6.07 Å². The van der Waals surface area contributed by atoms with Crippen molar-refractivity contribution >= 4 is 27.3 Å². The Labute approximate surface area is 116 Å². The SMILES string of the molecule is CN1CCCCC1CNc1cc(F)c(Br)cc1N. The van der Waals surface area contributed by atoms with E-state index in [1.165, 1.54) is 25.3 Å². The van der Waals surface area contributed by atoms with E-state index in [1.807, 2.05) is 0 Å². The highest BCUT2D eigenvalue weighted by Crippen LogP contribution is 2.27. The molecule has 1 fully saturated rings. The third kappa shape index (κ3) is 3.14. The monoisotopic (exact) mass is 315 g/mol. The first-order valence-corrected chi connectivity index (χ1v) is 7.06. The third-order valence-corrected chi connectivity index (χ3v) is 4.15. The Morgan fingerprint density at radius 3 is 3.00 bits per heavy atom. The molecule has 2 rings (SSSR count). The van der Waals surface area contributed by atoms with E-state index < -0.39 is 0 Å². The van der Waals surface area contributed by atoms with Crippen LogP contribution in [0, 0.1) is 5.82 Å². The van der Waals surface area contributed by atoms with Crippen LogP contribution in [0.3, 0.4) is 0 Å². The van der Waals surface area contributed by atoms with Crippen molar-refractivity contribution in [3.8, 4) is 0 Å². The summed E-state index contributed by atoms with van der Waals surface area (Å²) in [5.41, 5.74) is 7.11. The zero-order valence-corrected chi connectivity index (χ0v) is 12.1. The fourth-order valence-corrected chi connectivity index (χ4v) is 2.71. The predicted molar refractivity (Wildman–Crippen MR) is 77.3 cm³/mol. The van der Waals surface area contributed by atoms with Gasteiger partial charge in [0.2, 0.25) is 0 Å². The van der Waals surface area contributed by atoms with Crippen molar-refractivity contribution in [2.45, 2.75) is 25.3 Å². The van der Waals surface area contributed by atoms with Crippen molar-refractivity contribution in [1.29, 1.82) is 0 Å². The number of piperidine rings is 1. The van der Waals surface area contributed by atoms with Crippen LogP contribution in [0.4, 0.5) is 15.8 Å². The molecule has 5 heteroatoms. The summed E-state index contributed by atoms with van der Waals surface area (Å²) in [5.74, 6) is -0.288. The van der Waals surface area contributed by atoms with Crippen molar-refractivity contribution in [1.82, 2.24) is 4.90 Å². The van der Waals surface area contributed by atoms with E-state index in [9.17, 15) is 4.39 Å². The molecule has 3 N–H and O–H groups in total. The van der Waals surface area contributed by atoms with Crippen molar-refractivity contribution < 1.29 is 4.39 Å². The van der Waals surface area contributed by atoms with Crippen LogP contribution in [0.25, 0.3) is 0 Å². The van der Waals surface area contributed by atoms with Crippen molar-refractivity contribution in [3.05, 3.63) is 22.4 Å². The Bertz CT molecular complexity index is 425. The van der Waals surface area contributed by atoms with Gasteiger partial charge >= 0.3 is 0 Å². The van der Waals surface area contributed by atoms with Crippen LogP contribution < -0.4 is 11.1 Å². The fraction of sp³-hybridized carbons (Fsp3) is 0.538. The first-order chi connectivity index (χ1) is 8.58. The topological polar surface area (TPSA) is 41.3 Å². The molecule has 1 aliphatic rings. The van der Waals surface area contributed by atoms with Crippen LogP contribution in [0.1, 0.15) is 19.3 Å². The molecule has 1 aromatic carbocycles. The molecule has 1 saturated heterocycles. The van der Waals surface area contributed by atoms with Crippen molar-refractivity contribution in [2.75, 3.05) is 31.2 Å². The highest BCUT2D eigenvalue weighted by molar-refractivity contribution is 9.10. The normalized spacial score (nSPS) is 20.9. The van der Waals surface area contributed by atoms with Crippen molar-refractivity contribution in [3.63, 3.8) is 0 Å². The van der Waals surface area contributed by atoms with E-state index in [2.05, 4.69) is 33.2 Å². The molecule has 0 radical (unpaired) electrons. The van der Waals surface area contributed by atoms with Gasteiger partial charge in [0.25, 0.3) is 0 Å². The van der Waals surface area contributed by atoms with E-state index in [-0.39, 0.29) is 5.82 Å². The molecule has 3 nitrogen and oxygen atoms in total. The van der Waals surface area contributed by atoms with Gasteiger partial charge < -0.3 is 16.0 Å². The molecule has 0 aliphatic carbocycles. The largest absolute Gasteiger partial charge is 0.397 e. The molecular weight excluding hydrogens is 297 g/mol. The Balaban J connectivity index is 1.99. The number of rotatable bonds is 3. The number of nitrogens with zero attached hydrogens (tertiary/aromatic N) is 1. The third-order valence-electron chi connectivity index (χ3n) is 3.54. The molecule has 1 unspecified atom stereocenters. The zero-order chi connectivity index (χ0) is 13.1. The van der Waals surface area contributed by atoms with Crippen LogP contribution in [0.15, 0.2) is 16.6 Å². The molecule has 0 saturated carbocycles. The average Bonchev–Trinajstić information content (AvgIpc) is 2.34. The van der Waals surface area contributed by atoms with Gasteiger partial charge in [-0.3, -0.25) is 0 Å². The Morgan fingerprint density at radius 1 is 1.50 bits per heavy atom. The summed E-state index contributed by atoms with van der Waals surface area (Å²) in [7, 11) is 2.14. The summed E-state index contributed by atoms with van der Waals surface area (Å²) in [6.07, 6.45) is 3.71. The molecule has 0 bridgehead atoms. The fourth-order valence-electron chi connectivity index (χ4n) is 2.35. The van der Waals surface area contributed by atoms with Crippen LogP contribution in [-0.2, 0) is 0 Å². The maximum absolute atomic E-state index is 13.4. The quantitative estimate of drug-likeness (QED) is 0.842. The second-order valence-corrected chi connectivity index (χ2v) is 5.72. The number of anilines is 2. The highest BCUT2D eigenvalue weighted by Gasteiger charge is 2.18. The van der Waals surface area contributed by atoms with Crippen LogP contribution >= 0.6 is 15.9 Å². The molecule has 1 aromatic rings. The number of halogens is 2. The zero-order valence-electron chi connectivity index (χ0n) is 10.5. The van der Waals surface area contributed by atoms with Crippen molar-refractivity contribution in [2.24, 2.45) is 0 Å². The lowest BCUT2D eigenvalue weighted by molar-refractivity contribution is 0.194. The Kier molecular flexibility index (Phi) is 4.45. The van der Waals surface area contributed by atoms with Gasteiger partial charge in [-0.25, -0.2) is 4.39 Å². The number of likely N-dealkylation sites (N-methyl/N-ethyl adjacent to an activating group) is 1. The minimum atomic E-state index is -0.288. The lowest BCUT2D eigenvalue weighted by atomic mass is 10.0. The van der Waals surface area contributed by atoms with Gasteiger partial charge in [-0.1, -0.05) is 6.42 Å². The maximum Gasteiger partial charge on any atom is 0.139 e. The predicted octanol–water partition coefficient (Wildman–Crippen LogP) is 3.07. The van der Waals surface area contributed by atoms with E-state index in [0.717, 1.165) is 13.1 Å². The number of nitrogens with two attached hydrogens (primary N) is 1. The number of likely N-dealkylation sites (tertiary alicyclic amines) is 1. The van der Waals surface area contributed by atoms with Crippen LogP contribution in [-0.4, -0.2) is 31.1 Å². The van der Waals surface area contributed by atoms with E-state index in [4.69, 9.17) is 5.73 Å². The molecule has 18 heavy (non-hydrogen) atoms. The summed E-state index contributed by atoms with van der Waals surface area (Å²) in [6, 6.07) is 3.55. The number of hydrogen-bond donors (Lipinski definition) is 2. The van der Waals surface area contributed by atoms with E-state index >= 15 is 0 Å². The summed E-state index contributed by atoms with van der Waals surface area (Å²) in [4.78, 5) is 2.35. The molecule has 0 spiro atoms. The second-order valence-electron chi connectivity index (χ2n) is 4.86. The summed E-state index contributed by atoms with van der Waals surface area (Å²) >= 11 is 3.13. The molecule has 100 valence electrons. The number of nitrogens with one attached hydrogen (secondary N) is 1. The first kappa shape index (κ1) is 13.6. The minimum Gasteiger partial charge on any atom is -0.397 e. The van der Waals surface area contributed by atoms with Gasteiger partial charge in [0, 0.05) is 18.7 Å². The lowest BCUT2D eigenvalue weighted by Crippen LogP contribution is -2.40. The molecule has 1 aliphatic heterocycles. The van der Waals surface area contributed by atoms with Gasteiger partial charge in [-0.2, -0.15) is 0 Å². The van der Waals surface area contributed by atoms with Gasteiger partial charge in [0.15, 0.2) is 0 Å². The summed E-state index contributed by atoms with van der Waals surface area (Å²) in [5, 5.41) is 3.25. The molecular formula is C13H19BrFN3. The van der Waals surface area contributed by atoms with Gasteiger partial charge in [0.1, 0.15) is 5.82 Å². The van der Waals surface area contributed by atoms with Gasteiger partial charge in [-0.05, 0) is 48.4 Å². The lowest BCUT2D eigenvalue weighted by Gasteiger charge is -2.32. The smallest absolute Gasteiger partial charge is 0.139 e. The Morgan fingerprint density at radius 2 is 2.28 bits per heavy atom.